The van der Waals surface area contributed by atoms with Crippen molar-refractivity contribution in [3.63, 3.8) is 0 Å². The van der Waals surface area contributed by atoms with E-state index in [9.17, 15) is 15.0 Å². The number of aliphatic hydroxyl groups is 1. The van der Waals surface area contributed by atoms with Crippen molar-refractivity contribution in [1.82, 2.24) is 0 Å². The molecule has 4 nitrogen and oxygen atoms in total. The van der Waals surface area contributed by atoms with E-state index in [0.717, 1.165) is 5.75 Å². The zero-order valence-corrected chi connectivity index (χ0v) is 11.4. The minimum atomic E-state index is -0.586. The summed E-state index contributed by atoms with van der Waals surface area (Å²) in [7, 11) is 0. The minimum Gasteiger partial charge on any atom is -0.507 e. The van der Waals surface area contributed by atoms with Gasteiger partial charge in [0.25, 0.3) is 0 Å². The van der Waals surface area contributed by atoms with Crippen LogP contribution in [0, 0.1) is 0 Å². The zero-order chi connectivity index (χ0) is 13.5. The summed E-state index contributed by atoms with van der Waals surface area (Å²) in [4.78, 5) is 11.4. The van der Waals surface area contributed by atoms with Gasteiger partial charge in [0.1, 0.15) is 23.7 Å². The van der Waals surface area contributed by atoms with Gasteiger partial charge < -0.3 is 14.9 Å². The van der Waals surface area contributed by atoms with Crippen LogP contribution in [0.3, 0.4) is 0 Å². The van der Waals surface area contributed by atoms with Crippen molar-refractivity contribution < 1.29 is 19.7 Å². The van der Waals surface area contributed by atoms with Crippen LogP contribution in [0.2, 0.25) is 0 Å². The molecule has 0 radical (unpaired) electrons. The van der Waals surface area contributed by atoms with E-state index in [1.54, 1.807) is 23.9 Å². The van der Waals surface area contributed by atoms with Crippen molar-refractivity contribution in [2.24, 2.45) is 0 Å². The van der Waals surface area contributed by atoms with E-state index < -0.39 is 6.10 Å². The number of hydrogen-bond donors (Lipinski definition) is 2. The highest BCUT2D eigenvalue weighted by atomic mass is 32.2. The summed E-state index contributed by atoms with van der Waals surface area (Å²) < 4.78 is 5.39. The smallest absolute Gasteiger partial charge is 0.167 e. The lowest BCUT2D eigenvalue weighted by Gasteiger charge is -2.14. The SMILES string of the molecule is CCSCC(O)COc1cccc(O)c1C(C)=O. The van der Waals surface area contributed by atoms with Crippen molar-refractivity contribution in [2.75, 3.05) is 18.1 Å². The van der Waals surface area contributed by atoms with Gasteiger partial charge in [-0.2, -0.15) is 11.8 Å². The molecule has 0 heterocycles. The van der Waals surface area contributed by atoms with Crippen molar-refractivity contribution in [3.05, 3.63) is 23.8 Å². The second kappa shape index (κ2) is 7.28. The number of benzene rings is 1. The first-order valence-electron chi connectivity index (χ1n) is 5.77. The van der Waals surface area contributed by atoms with E-state index in [1.807, 2.05) is 6.92 Å². The van der Waals surface area contributed by atoms with E-state index in [2.05, 4.69) is 0 Å². The monoisotopic (exact) mass is 270 g/mol. The largest absolute Gasteiger partial charge is 0.507 e. The molecule has 0 amide bonds. The Morgan fingerprint density at radius 3 is 2.83 bits per heavy atom. The minimum absolute atomic E-state index is 0.0996. The lowest BCUT2D eigenvalue weighted by Crippen LogP contribution is -2.20. The molecule has 0 aliphatic heterocycles. The molecular formula is C13H18O4S. The second-order valence-corrected chi connectivity index (χ2v) is 5.15. The summed E-state index contributed by atoms with van der Waals surface area (Å²) >= 11 is 1.62. The summed E-state index contributed by atoms with van der Waals surface area (Å²) in [6, 6.07) is 4.65. The maximum atomic E-state index is 11.4. The third-order valence-corrected chi connectivity index (χ3v) is 3.33. The molecule has 5 heteroatoms. The maximum Gasteiger partial charge on any atom is 0.167 e. The molecule has 0 spiro atoms. The lowest BCUT2D eigenvalue weighted by molar-refractivity contribution is 0.0994. The number of rotatable bonds is 7. The molecule has 0 saturated heterocycles. The molecule has 2 N–H and O–H groups in total. The number of carbonyl (C=O) groups excluding carboxylic acids is 1. The van der Waals surface area contributed by atoms with Gasteiger partial charge in [0, 0.05) is 5.75 Å². The van der Waals surface area contributed by atoms with Gasteiger partial charge in [-0.15, -0.1) is 0 Å². The Morgan fingerprint density at radius 1 is 1.50 bits per heavy atom. The standard InChI is InChI=1S/C13H18O4S/c1-3-18-8-10(15)7-17-12-6-4-5-11(16)13(12)9(2)14/h4-6,10,15-16H,3,7-8H2,1-2H3. The van der Waals surface area contributed by atoms with Crippen LogP contribution in [-0.4, -0.2) is 40.2 Å². The first kappa shape index (κ1) is 14.9. The summed E-state index contributed by atoms with van der Waals surface area (Å²) in [5.74, 6) is 1.47. The van der Waals surface area contributed by atoms with Gasteiger partial charge in [-0.25, -0.2) is 0 Å². The van der Waals surface area contributed by atoms with Crippen LogP contribution >= 0.6 is 11.8 Å². The predicted molar refractivity (Wildman–Crippen MR) is 72.6 cm³/mol. The first-order valence-corrected chi connectivity index (χ1v) is 6.93. The number of Topliss-reactive ketones (excluding diaryl/α,β-unsaturated/α-hetero) is 1. The summed E-state index contributed by atoms with van der Waals surface area (Å²) in [6.45, 7) is 3.49. The fraction of sp³-hybridized carbons (Fsp3) is 0.462. The van der Waals surface area contributed by atoms with Crippen LogP contribution in [0.5, 0.6) is 11.5 Å². The Kier molecular flexibility index (Phi) is 6.01. The molecule has 1 atom stereocenters. The van der Waals surface area contributed by atoms with Gasteiger partial charge in [-0.05, 0) is 24.8 Å². The first-order chi connectivity index (χ1) is 8.56. The molecule has 1 unspecified atom stereocenters. The van der Waals surface area contributed by atoms with Gasteiger partial charge in [0.15, 0.2) is 5.78 Å². The van der Waals surface area contributed by atoms with Crippen molar-refractivity contribution >= 4 is 17.5 Å². The van der Waals surface area contributed by atoms with Gasteiger partial charge in [-0.1, -0.05) is 13.0 Å². The molecule has 0 bridgehead atoms. The van der Waals surface area contributed by atoms with Gasteiger partial charge >= 0.3 is 0 Å². The molecule has 1 aromatic carbocycles. The van der Waals surface area contributed by atoms with Crippen LogP contribution < -0.4 is 4.74 Å². The molecule has 1 aromatic rings. The Morgan fingerprint density at radius 2 is 2.22 bits per heavy atom. The molecular weight excluding hydrogens is 252 g/mol. The van der Waals surface area contributed by atoms with E-state index in [4.69, 9.17) is 4.74 Å². The summed E-state index contributed by atoms with van der Waals surface area (Å²) in [5, 5.41) is 19.2. The van der Waals surface area contributed by atoms with Crippen molar-refractivity contribution in [3.8, 4) is 11.5 Å². The number of ketones is 1. The molecule has 1 rings (SSSR count). The fourth-order valence-corrected chi connectivity index (χ4v) is 2.09. The van der Waals surface area contributed by atoms with Crippen molar-refractivity contribution in [2.45, 2.75) is 20.0 Å². The van der Waals surface area contributed by atoms with E-state index in [1.165, 1.54) is 13.0 Å². The van der Waals surface area contributed by atoms with Gasteiger partial charge in [-0.3, -0.25) is 4.79 Å². The highest BCUT2D eigenvalue weighted by molar-refractivity contribution is 7.99. The topological polar surface area (TPSA) is 66.8 Å². The molecule has 0 aromatic heterocycles. The number of aliphatic hydroxyl groups excluding tert-OH is 1. The normalized spacial score (nSPS) is 12.2. The van der Waals surface area contributed by atoms with Crippen LogP contribution in [0.1, 0.15) is 24.2 Å². The van der Waals surface area contributed by atoms with Crippen LogP contribution in [0.4, 0.5) is 0 Å². The highest BCUT2D eigenvalue weighted by Crippen LogP contribution is 2.28. The molecule has 0 saturated carbocycles. The Hall–Kier alpha value is -1.20. The molecule has 0 aliphatic carbocycles. The molecule has 100 valence electrons. The van der Waals surface area contributed by atoms with Crippen LogP contribution in [0.25, 0.3) is 0 Å². The quantitative estimate of drug-likeness (QED) is 0.743. The van der Waals surface area contributed by atoms with Gasteiger partial charge in [0.05, 0.1) is 6.10 Å². The Balaban J connectivity index is 2.67. The summed E-state index contributed by atoms with van der Waals surface area (Å²) in [5.41, 5.74) is 0.160. The molecule has 0 aliphatic rings. The highest BCUT2D eigenvalue weighted by Gasteiger charge is 2.14. The predicted octanol–water partition coefficient (Wildman–Crippen LogP) is 2.09. The van der Waals surface area contributed by atoms with E-state index in [0.29, 0.717) is 11.5 Å². The van der Waals surface area contributed by atoms with Crippen molar-refractivity contribution in [1.29, 1.82) is 0 Å². The number of phenols is 1. The summed E-state index contributed by atoms with van der Waals surface area (Å²) in [6.07, 6.45) is -0.586. The third-order valence-electron chi connectivity index (χ3n) is 2.30. The number of thioether (sulfide) groups is 1. The zero-order valence-electron chi connectivity index (χ0n) is 10.5. The maximum absolute atomic E-state index is 11.4. The van der Waals surface area contributed by atoms with E-state index >= 15 is 0 Å². The van der Waals surface area contributed by atoms with E-state index in [-0.39, 0.29) is 23.7 Å². The third kappa shape index (κ3) is 4.23. The Bertz CT molecular complexity index is 406. The van der Waals surface area contributed by atoms with Crippen LogP contribution in [0.15, 0.2) is 18.2 Å². The number of carbonyl (C=O) groups is 1. The molecule has 0 fully saturated rings. The Labute approximate surface area is 111 Å². The lowest BCUT2D eigenvalue weighted by atomic mass is 10.1. The number of phenolic OH excluding ortho intramolecular Hbond substituents is 1. The fourth-order valence-electron chi connectivity index (χ4n) is 1.48. The van der Waals surface area contributed by atoms with Gasteiger partial charge in [0.2, 0.25) is 0 Å². The molecule has 18 heavy (non-hydrogen) atoms. The number of ether oxygens (including phenoxy) is 1. The van der Waals surface area contributed by atoms with Crippen LogP contribution in [-0.2, 0) is 0 Å². The average molecular weight is 270 g/mol. The number of aromatic hydroxyl groups is 1. The number of hydrogen-bond acceptors (Lipinski definition) is 5. The average Bonchev–Trinajstić information content (AvgIpc) is 2.33. The second-order valence-electron chi connectivity index (χ2n) is 3.83.